The maximum atomic E-state index is 12.5. The molecule has 9 heteroatoms. The third-order valence-corrected chi connectivity index (χ3v) is 6.54. The van der Waals surface area contributed by atoms with Crippen LogP contribution in [0.4, 0.5) is 10.6 Å². The van der Waals surface area contributed by atoms with E-state index in [0.717, 1.165) is 17.5 Å². The molecule has 1 heterocycles. The number of hydrogen-bond donors (Lipinski definition) is 3. The zero-order valence-electron chi connectivity index (χ0n) is 16.7. The van der Waals surface area contributed by atoms with E-state index in [1.807, 2.05) is 18.2 Å². The van der Waals surface area contributed by atoms with E-state index < -0.39 is 0 Å². The second-order valence-electron chi connectivity index (χ2n) is 7.74. The fourth-order valence-electron chi connectivity index (χ4n) is 3.86. The van der Waals surface area contributed by atoms with Crippen molar-refractivity contribution in [3.05, 3.63) is 46.6 Å². The number of urea groups is 1. The Morgan fingerprint density at radius 2 is 1.84 bits per heavy atom. The van der Waals surface area contributed by atoms with Crippen molar-refractivity contribution in [1.29, 1.82) is 0 Å². The molecule has 31 heavy (non-hydrogen) atoms. The zero-order chi connectivity index (χ0) is 22.0. The Bertz CT molecular complexity index is 1100. The lowest BCUT2D eigenvalue weighted by molar-refractivity contribution is 0.237. The van der Waals surface area contributed by atoms with Crippen molar-refractivity contribution in [2.45, 2.75) is 32.1 Å². The summed E-state index contributed by atoms with van der Waals surface area (Å²) in [5.74, 6) is 0.876. The van der Waals surface area contributed by atoms with Gasteiger partial charge in [0.05, 0.1) is 27.3 Å². The van der Waals surface area contributed by atoms with Crippen LogP contribution >= 0.6 is 36.0 Å². The third-order valence-electron chi connectivity index (χ3n) is 5.59. The fourth-order valence-corrected chi connectivity index (χ4v) is 4.52. The van der Waals surface area contributed by atoms with Crippen molar-refractivity contribution in [2.24, 2.45) is 5.92 Å². The number of aromatic nitrogens is 2. The third kappa shape index (κ3) is 5.17. The van der Waals surface area contributed by atoms with Crippen LogP contribution in [0.2, 0.25) is 10.0 Å². The average Bonchev–Trinajstić information content (AvgIpc) is 3.28. The number of rotatable bonds is 5. The summed E-state index contributed by atoms with van der Waals surface area (Å²) in [7, 11) is 0. The standard InChI is InChI=1S/C22H22Cl2N4O2S/c23-16-9-15(10-17(24)21(16)29)14-5-6-18-19(11-14)26-20(12-25-18)27-22(30)28(31)8-7-13-3-1-2-4-13/h5-6,9-13,29,31H,1-4,7-8H2,(H,26,27,30). The highest BCUT2D eigenvalue weighted by atomic mass is 35.5. The van der Waals surface area contributed by atoms with Crippen LogP contribution in [0, 0.1) is 5.92 Å². The maximum Gasteiger partial charge on any atom is 0.332 e. The molecule has 6 nitrogen and oxygen atoms in total. The molecule has 0 bridgehead atoms. The minimum atomic E-state index is -0.330. The number of carbonyl (C=O) groups is 1. The topological polar surface area (TPSA) is 78.3 Å². The molecule has 1 aromatic heterocycles. The molecular weight excluding hydrogens is 455 g/mol. The number of phenolic OH excluding ortho intramolecular Hbond substituents is 1. The highest BCUT2D eigenvalue weighted by Gasteiger charge is 2.18. The van der Waals surface area contributed by atoms with Gasteiger partial charge in [-0.2, -0.15) is 0 Å². The first-order valence-electron chi connectivity index (χ1n) is 10.1. The molecule has 3 aromatic rings. The van der Waals surface area contributed by atoms with Crippen LogP contribution in [0.5, 0.6) is 5.75 Å². The number of nitrogens with one attached hydrogen (secondary N) is 1. The molecule has 1 aliphatic carbocycles. The molecule has 1 aliphatic rings. The molecule has 2 N–H and O–H groups in total. The molecule has 4 rings (SSSR count). The molecule has 0 spiro atoms. The normalized spacial score (nSPS) is 14.2. The van der Waals surface area contributed by atoms with Gasteiger partial charge in [0.15, 0.2) is 11.6 Å². The summed E-state index contributed by atoms with van der Waals surface area (Å²) in [5.41, 5.74) is 2.83. The lowest BCUT2D eigenvalue weighted by atomic mass is 10.0. The highest BCUT2D eigenvalue weighted by molar-refractivity contribution is 7.78. The minimum absolute atomic E-state index is 0.151. The van der Waals surface area contributed by atoms with Crippen LogP contribution in [0.3, 0.4) is 0 Å². The van der Waals surface area contributed by atoms with Crippen molar-refractivity contribution in [2.75, 3.05) is 11.9 Å². The van der Waals surface area contributed by atoms with Gasteiger partial charge in [-0.15, -0.1) is 0 Å². The first kappa shape index (κ1) is 22.0. The van der Waals surface area contributed by atoms with Crippen molar-refractivity contribution in [3.63, 3.8) is 0 Å². The van der Waals surface area contributed by atoms with Crippen LogP contribution < -0.4 is 5.32 Å². The number of aromatic hydroxyl groups is 1. The number of fused-ring (bicyclic) bond motifs is 1. The van der Waals surface area contributed by atoms with Crippen molar-refractivity contribution in [3.8, 4) is 16.9 Å². The van der Waals surface area contributed by atoms with Crippen LogP contribution in [-0.2, 0) is 0 Å². The van der Waals surface area contributed by atoms with Crippen LogP contribution in [0.25, 0.3) is 22.2 Å². The van der Waals surface area contributed by atoms with E-state index in [2.05, 4.69) is 28.1 Å². The quantitative estimate of drug-likeness (QED) is 0.363. The number of benzene rings is 2. The first-order valence-corrected chi connectivity index (χ1v) is 11.3. The van der Waals surface area contributed by atoms with Gasteiger partial charge in [0.25, 0.3) is 0 Å². The number of phenols is 1. The summed E-state index contributed by atoms with van der Waals surface area (Å²) in [6.07, 6.45) is 7.51. The summed E-state index contributed by atoms with van der Waals surface area (Å²) < 4.78 is 1.39. The Balaban J connectivity index is 1.49. The predicted octanol–water partition coefficient (Wildman–Crippen LogP) is 6.57. The van der Waals surface area contributed by atoms with E-state index in [0.29, 0.717) is 29.3 Å². The fraction of sp³-hybridized carbons (Fsp3) is 0.318. The predicted molar refractivity (Wildman–Crippen MR) is 128 cm³/mol. The molecule has 0 unspecified atom stereocenters. The van der Waals surface area contributed by atoms with Gasteiger partial charge in [-0.3, -0.25) is 14.6 Å². The Hall–Kier alpha value is -2.22. The minimum Gasteiger partial charge on any atom is -0.505 e. The first-order chi connectivity index (χ1) is 14.9. The van der Waals surface area contributed by atoms with Crippen LogP contribution in [-0.4, -0.2) is 32.0 Å². The number of amides is 2. The van der Waals surface area contributed by atoms with E-state index in [4.69, 9.17) is 23.2 Å². The lowest BCUT2D eigenvalue weighted by Gasteiger charge is -2.18. The van der Waals surface area contributed by atoms with Gasteiger partial charge < -0.3 is 5.11 Å². The SMILES string of the molecule is O=C(Nc1cnc2ccc(-c3cc(Cl)c(O)c(Cl)c3)cc2n1)N(S)CCC1CCCC1. The van der Waals surface area contributed by atoms with Crippen LogP contribution in [0.1, 0.15) is 32.1 Å². The number of nitrogens with zero attached hydrogens (tertiary/aromatic N) is 3. The Morgan fingerprint density at radius 1 is 1.13 bits per heavy atom. The van der Waals surface area contributed by atoms with Gasteiger partial charge in [-0.05, 0) is 47.7 Å². The Morgan fingerprint density at radius 3 is 2.55 bits per heavy atom. The summed E-state index contributed by atoms with van der Waals surface area (Å²) in [6.45, 7) is 0.590. The second-order valence-corrected chi connectivity index (χ2v) is 9.04. The largest absolute Gasteiger partial charge is 0.505 e. The summed E-state index contributed by atoms with van der Waals surface area (Å²) in [6, 6.07) is 8.45. The molecule has 0 saturated heterocycles. The Labute approximate surface area is 196 Å². The molecular formula is C22H22Cl2N4O2S. The molecule has 0 radical (unpaired) electrons. The van der Waals surface area contributed by atoms with Gasteiger partial charge in [0.2, 0.25) is 0 Å². The number of carbonyl (C=O) groups excluding carboxylic acids is 1. The van der Waals surface area contributed by atoms with Crippen molar-refractivity contribution < 1.29 is 9.90 Å². The van der Waals surface area contributed by atoms with Crippen molar-refractivity contribution >= 4 is 58.9 Å². The zero-order valence-corrected chi connectivity index (χ0v) is 19.1. The maximum absolute atomic E-state index is 12.5. The molecule has 162 valence electrons. The van der Waals surface area contributed by atoms with Gasteiger partial charge in [0, 0.05) is 6.54 Å². The van der Waals surface area contributed by atoms with E-state index in [-0.39, 0.29) is 21.8 Å². The summed E-state index contributed by atoms with van der Waals surface area (Å²) in [4.78, 5) is 21.4. The molecule has 1 fully saturated rings. The van der Waals surface area contributed by atoms with E-state index >= 15 is 0 Å². The number of thiol groups is 1. The smallest absolute Gasteiger partial charge is 0.332 e. The molecule has 1 saturated carbocycles. The lowest BCUT2D eigenvalue weighted by Crippen LogP contribution is -2.29. The summed E-state index contributed by atoms with van der Waals surface area (Å²) >= 11 is 16.4. The number of anilines is 1. The van der Waals surface area contributed by atoms with E-state index in [1.165, 1.54) is 36.2 Å². The van der Waals surface area contributed by atoms with Gasteiger partial charge in [-0.1, -0.05) is 67.8 Å². The highest BCUT2D eigenvalue weighted by Crippen LogP contribution is 2.37. The van der Waals surface area contributed by atoms with Gasteiger partial charge in [-0.25, -0.2) is 9.78 Å². The second kappa shape index (κ2) is 9.51. The molecule has 2 amide bonds. The van der Waals surface area contributed by atoms with Crippen molar-refractivity contribution in [1.82, 2.24) is 14.3 Å². The average molecular weight is 477 g/mol. The summed E-state index contributed by atoms with van der Waals surface area (Å²) in [5, 5.41) is 12.9. The Kier molecular flexibility index (Phi) is 6.74. The van der Waals surface area contributed by atoms with Crippen LogP contribution in [0.15, 0.2) is 36.5 Å². The molecule has 0 atom stereocenters. The number of hydrogen-bond acceptors (Lipinski definition) is 5. The number of halogens is 2. The van der Waals surface area contributed by atoms with Gasteiger partial charge in [0.1, 0.15) is 0 Å². The van der Waals surface area contributed by atoms with E-state index in [9.17, 15) is 9.90 Å². The monoisotopic (exact) mass is 476 g/mol. The van der Waals surface area contributed by atoms with Gasteiger partial charge >= 0.3 is 6.03 Å². The molecule has 0 aliphatic heterocycles. The molecule has 2 aromatic carbocycles. The van der Waals surface area contributed by atoms with E-state index in [1.54, 1.807) is 12.1 Å².